The van der Waals surface area contributed by atoms with Crippen molar-refractivity contribution < 1.29 is 10.2 Å². The summed E-state index contributed by atoms with van der Waals surface area (Å²) in [7, 11) is 0. The van der Waals surface area contributed by atoms with E-state index < -0.39 is 6.10 Å². The fourth-order valence-corrected chi connectivity index (χ4v) is 1.91. The summed E-state index contributed by atoms with van der Waals surface area (Å²) in [5.74, 6) is 0.246. The topological polar surface area (TPSA) is 66.5 Å². The predicted molar refractivity (Wildman–Crippen MR) is 60.9 cm³/mol. The SMILES string of the molecule is Cc1cc(C)c(C(O)C(C)N)c(C)c1O. The van der Waals surface area contributed by atoms with Crippen molar-refractivity contribution in [3.8, 4) is 5.75 Å². The molecular weight excluding hydrogens is 190 g/mol. The first kappa shape index (κ1) is 12.0. The van der Waals surface area contributed by atoms with Gasteiger partial charge in [0.15, 0.2) is 0 Å². The number of phenolic OH excluding ortho intramolecular Hbond substituents is 1. The molecule has 4 N–H and O–H groups in total. The third kappa shape index (κ3) is 2.13. The van der Waals surface area contributed by atoms with E-state index in [1.54, 1.807) is 13.8 Å². The molecule has 0 amide bonds. The number of aryl methyl sites for hydroxylation is 2. The molecule has 0 aliphatic carbocycles. The van der Waals surface area contributed by atoms with Crippen LogP contribution in [0.1, 0.15) is 35.3 Å². The number of phenols is 1. The second kappa shape index (κ2) is 4.21. The maximum atomic E-state index is 9.94. The summed E-state index contributed by atoms with van der Waals surface area (Å²) in [4.78, 5) is 0. The van der Waals surface area contributed by atoms with Crippen molar-refractivity contribution in [1.29, 1.82) is 0 Å². The summed E-state index contributed by atoms with van der Waals surface area (Å²) >= 11 is 0. The van der Waals surface area contributed by atoms with Gasteiger partial charge in [0.25, 0.3) is 0 Å². The van der Waals surface area contributed by atoms with Crippen LogP contribution in [-0.2, 0) is 0 Å². The van der Waals surface area contributed by atoms with Gasteiger partial charge in [-0.25, -0.2) is 0 Å². The summed E-state index contributed by atoms with van der Waals surface area (Å²) in [5, 5.41) is 19.7. The molecule has 2 atom stereocenters. The highest BCUT2D eigenvalue weighted by Gasteiger charge is 2.19. The predicted octanol–water partition coefficient (Wildman–Crippen LogP) is 1.70. The largest absolute Gasteiger partial charge is 0.507 e. The Kier molecular flexibility index (Phi) is 3.37. The number of aromatic hydroxyl groups is 1. The van der Waals surface area contributed by atoms with Gasteiger partial charge in [0, 0.05) is 6.04 Å². The number of hydrogen-bond donors (Lipinski definition) is 3. The molecule has 1 aromatic rings. The lowest BCUT2D eigenvalue weighted by molar-refractivity contribution is 0.151. The van der Waals surface area contributed by atoms with Crippen molar-refractivity contribution in [3.05, 3.63) is 28.3 Å². The van der Waals surface area contributed by atoms with Crippen LogP contribution >= 0.6 is 0 Å². The van der Waals surface area contributed by atoms with Crippen LogP contribution in [0.15, 0.2) is 6.07 Å². The molecule has 0 radical (unpaired) electrons. The quantitative estimate of drug-likeness (QED) is 0.694. The third-order valence-electron chi connectivity index (χ3n) is 2.78. The van der Waals surface area contributed by atoms with E-state index in [1.165, 1.54) is 0 Å². The van der Waals surface area contributed by atoms with E-state index in [4.69, 9.17) is 5.73 Å². The number of aliphatic hydroxyl groups excluding tert-OH is 1. The van der Waals surface area contributed by atoms with Gasteiger partial charge in [-0.3, -0.25) is 0 Å². The van der Waals surface area contributed by atoms with Gasteiger partial charge < -0.3 is 15.9 Å². The van der Waals surface area contributed by atoms with E-state index in [-0.39, 0.29) is 11.8 Å². The van der Waals surface area contributed by atoms with Gasteiger partial charge in [0.05, 0.1) is 6.10 Å². The Labute approximate surface area is 90.5 Å². The Morgan fingerprint density at radius 3 is 2.20 bits per heavy atom. The Bertz CT molecular complexity index is 372. The van der Waals surface area contributed by atoms with E-state index in [0.29, 0.717) is 0 Å². The van der Waals surface area contributed by atoms with Crippen LogP contribution in [0, 0.1) is 20.8 Å². The van der Waals surface area contributed by atoms with Gasteiger partial charge in [-0.2, -0.15) is 0 Å². The zero-order chi connectivity index (χ0) is 11.7. The highest BCUT2D eigenvalue weighted by atomic mass is 16.3. The lowest BCUT2D eigenvalue weighted by Gasteiger charge is -2.21. The zero-order valence-corrected chi connectivity index (χ0v) is 9.70. The Balaban J connectivity index is 3.36. The fourth-order valence-electron chi connectivity index (χ4n) is 1.91. The first-order chi connectivity index (χ1) is 6.86. The lowest BCUT2D eigenvalue weighted by atomic mass is 9.92. The van der Waals surface area contributed by atoms with Crippen LogP contribution in [0.4, 0.5) is 0 Å². The smallest absolute Gasteiger partial charge is 0.121 e. The second-order valence-corrected chi connectivity index (χ2v) is 4.20. The van der Waals surface area contributed by atoms with Crippen molar-refractivity contribution in [2.24, 2.45) is 5.73 Å². The summed E-state index contributed by atoms with van der Waals surface area (Å²) in [6, 6.07) is 1.52. The molecule has 0 fully saturated rings. The van der Waals surface area contributed by atoms with Crippen LogP contribution in [0.2, 0.25) is 0 Å². The molecule has 2 unspecified atom stereocenters. The third-order valence-corrected chi connectivity index (χ3v) is 2.78. The monoisotopic (exact) mass is 209 g/mol. The molecule has 0 spiro atoms. The molecule has 0 saturated carbocycles. The maximum Gasteiger partial charge on any atom is 0.121 e. The average Bonchev–Trinajstić information content (AvgIpc) is 2.14. The van der Waals surface area contributed by atoms with Crippen molar-refractivity contribution in [2.75, 3.05) is 0 Å². The Hall–Kier alpha value is -1.06. The van der Waals surface area contributed by atoms with Gasteiger partial charge >= 0.3 is 0 Å². The first-order valence-electron chi connectivity index (χ1n) is 5.09. The van der Waals surface area contributed by atoms with E-state index in [2.05, 4.69) is 0 Å². The molecule has 1 rings (SSSR count). The zero-order valence-electron chi connectivity index (χ0n) is 9.70. The van der Waals surface area contributed by atoms with Crippen molar-refractivity contribution in [1.82, 2.24) is 0 Å². The molecule has 0 aliphatic rings. The minimum atomic E-state index is -0.725. The number of aliphatic hydroxyl groups is 1. The van der Waals surface area contributed by atoms with E-state index in [9.17, 15) is 10.2 Å². The van der Waals surface area contributed by atoms with Gasteiger partial charge in [-0.15, -0.1) is 0 Å². The summed E-state index contributed by atoms with van der Waals surface area (Å²) < 4.78 is 0. The number of benzene rings is 1. The maximum absolute atomic E-state index is 9.94. The highest BCUT2D eigenvalue weighted by molar-refractivity contribution is 5.49. The molecule has 0 heterocycles. The summed E-state index contributed by atoms with van der Waals surface area (Å²) in [6.07, 6.45) is -0.725. The lowest BCUT2D eigenvalue weighted by Crippen LogP contribution is -2.25. The van der Waals surface area contributed by atoms with Gasteiger partial charge in [0.1, 0.15) is 5.75 Å². The molecule has 1 aromatic carbocycles. The second-order valence-electron chi connectivity index (χ2n) is 4.20. The Morgan fingerprint density at radius 2 is 1.73 bits per heavy atom. The molecule has 3 nitrogen and oxygen atoms in total. The molecular formula is C12H19NO2. The van der Waals surface area contributed by atoms with Crippen molar-refractivity contribution >= 4 is 0 Å². The van der Waals surface area contributed by atoms with Crippen LogP contribution in [0.5, 0.6) is 5.75 Å². The normalized spacial score (nSPS) is 15.1. The van der Waals surface area contributed by atoms with Gasteiger partial charge in [-0.1, -0.05) is 6.07 Å². The molecule has 0 aromatic heterocycles. The highest BCUT2D eigenvalue weighted by Crippen LogP contribution is 2.32. The standard InChI is InChI=1S/C12H19NO2/c1-6-5-7(2)11(14)8(3)10(6)12(15)9(4)13/h5,9,12,14-15H,13H2,1-4H3. The van der Waals surface area contributed by atoms with E-state index in [0.717, 1.165) is 22.3 Å². The fraction of sp³-hybridized carbons (Fsp3) is 0.500. The molecule has 0 saturated heterocycles. The van der Waals surface area contributed by atoms with Crippen LogP contribution in [0.25, 0.3) is 0 Å². The average molecular weight is 209 g/mol. The van der Waals surface area contributed by atoms with Crippen LogP contribution in [0.3, 0.4) is 0 Å². The van der Waals surface area contributed by atoms with Gasteiger partial charge in [-0.05, 0) is 49.9 Å². The number of rotatable bonds is 2. The Morgan fingerprint density at radius 1 is 1.20 bits per heavy atom. The van der Waals surface area contributed by atoms with Gasteiger partial charge in [0.2, 0.25) is 0 Å². The van der Waals surface area contributed by atoms with E-state index in [1.807, 2.05) is 19.9 Å². The number of nitrogens with two attached hydrogens (primary N) is 1. The summed E-state index contributed by atoms with van der Waals surface area (Å²) in [5.41, 5.74) is 8.92. The summed E-state index contributed by atoms with van der Waals surface area (Å²) in [6.45, 7) is 7.31. The minimum absolute atomic E-state index is 0.246. The van der Waals surface area contributed by atoms with Crippen molar-refractivity contribution in [3.63, 3.8) is 0 Å². The molecule has 0 bridgehead atoms. The molecule has 84 valence electrons. The van der Waals surface area contributed by atoms with Crippen molar-refractivity contribution in [2.45, 2.75) is 39.8 Å². The minimum Gasteiger partial charge on any atom is -0.507 e. The molecule has 15 heavy (non-hydrogen) atoms. The molecule has 0 aliphatic heterocycles. The van der Waals surface area contributed by atoms with E-state index >= 15 is 0 Å². The van der Waals surface area contributed by atoms with Crippen LogP contribution < -0.4 is 5.73 Å². The first-order valence-corrected chi connectivity index (χ1v) is 5.09. The number of hydrogen-bond acceptors (Lipinski definition) is 3. The van der Waals surface area contributed by atoms with Crippen LogP contribution in [-0.4, -0.2) is 16.3 Å². The molecule has 3 heteroatoms.